The van der Waals surface area contributed by atoms with Crippen LogP contribution in [0.2, 0.25) is 0 Å². The minimum Gasteiger partial charge on any atom is -0.480 e. The number of carboxylic acids is 1. The zero-order chi connectivity index (χ0) is 12.8. The maximum atomic E-state index is 13.0. The number of hydrogen-bond donors (Lipinski definition) is 2. The Labute approximate surface area is 107 Å². The maximum Gasteiger partial charge on any atom is 0.322 e. The highest BCUT2D eigenvalue weighted by Crippen LogP contribution is 2.27. The van der Waals surface area contributed by atoms with Gasteiger partial charge in [-0.25, -0.2) is 4.39 Å². The normalized spacial score (nSPS) is 11.9. The van der Waals surface area contributed by atoms with E-state index in [2.05, 4.69) is 21.2 Å². The summed E-state index contributed by atoms with van der Waals surface area (Å²) >= 11 is 3.29. The lowest BCUT2D eigenvalue weighted by atomic mass is 10.2. The van der Waals surface area contributed by atoms with E-state index in [1.807, 2.05) is 6.92 Å². The molecule has 4 nitrogen and oxygen atoms in total. The summed E-state index contributed by atoms with van der Waals surface area (Å²) < 4.78 is 18.5. The average Bonchev–Trinajstić information content (AvgIpc) is 2.29. The second-order valence-electron chi connectivity index (χ2n) is 3.32. The van der Waals surface area contributed by atoms with E-state index in [9.17, 15) is 9.18 Å². The topological polar surface area (TPSA) is 58.6 Å². The summed E-state index contributed by atoms with van der Waals surface area (Å²) in [7, 11) is 0. The molecule has 0 aliphatic rings. The van der Waals surface area contributed by atoms with Gasteiger partial charge in [-0.05, 0) is 34.5 Å². The SMILES string of the molecule is CC[C@@H](Br)Oc1ccc(F)cc1NCC(=O)O. The van der Waals surface area contributed by atoms with Crippen LogP contribution < -0.4 is 10.1 Å². The predicted octanol–water partition coefficient (Wildman–Crippen LogP) is 2.83. The van der Waals surface area contributed by atoms with Crippen molar-refractivity contribution in [3.8, 4) is 5.75 Å². The molecule has 0 unspecified atom stereocenters. The van der Waals surface area contributed by atoms with Gasteiger partial charge in [0.05, 0.1) is 5.69 Å². The second kappa shape index (κ2) is 6.44. The molecule has 6 heteroatoms. The van der Waals surface area contributed by atoms with E-state index in [0.717, 1.165) is 6.42 Å². The third-order valence-corrected chi connectivity index (χ3v) is 2.78. The number of carboxylic acid groups (broad SMARTS) is 1. The molecule has 0 fully saturated rings. The Morgan fingerprint density at radius 3 is 2.94 bits per heavy atom. The van der Waals surface area contributed by atoms with Gasteiger partial charge in [-0.2, -0.15) is 0 Å². The Balaban J connectivity index is 2.83. The van der Waals surface area contributed by atoms with E-state index >= 15 is 0 Å². The lowest BCUT2D eigenvalue weighted by molar-refractivity contribution is -0.134. The first kappa shape index (κ1) is 13.8. The van der Waals surface area contributed by atoms with Gasteiger partial charge in [0, 0.05) is 6.07 Å². The Bertz CT molecular complexity index is 400. The van der Waals surface area contributed by atoms with Crippen LogP contribution in [0.5, 0.6) is 5.75 Å². The molecule has 0 aromatic heterocycles. The van der Waals surface area contributed by atoms with Crippen LogP contribution in [-0.4, -0.2) is 22.6 Å². The molecule has 1 rings (SSSR count). The van der Waals surface area contributed by atoms with Crippen LogP contribution in [0.25, 0.3) is 0 Å². The van der Waals surface area contributed by atoms with E-state index in [1.165, 1.54) is 18.2 Å². The summed E-state index contributed by atoms with van der Waals surface area (Å²) in [5.74, 6) is -1.06. The molecule has 0 spiro atoms. The highest BCUT2D eigenvalue weighted by Gasteiger charge is 2.10. The monoisotopic (exact) mass is 305 g/mol. The van der Waals surface area contributed by atoms with Gasteiger partial charge >= 0.3 is 5.97 Å². The van der Waals surface area contributed by atoms with Crippen LogP contribution >= 0.6 is 15.9 Å². The summed E-state index contributed by atoms with van der Waals surface area (Å²) in [6, 6.07) is 3.92. The molecule has 17 heavy (non-hydrogen) atoms. The molecule has 1 aromatic carbocycles. The summed E-state index contributed by atoms with van der Waals surface area (Å²) in [4.78, 5) is 10.4. The molecule has 0 heterocycles. The molecule has 0 radical (unpaired) electrons. The second-order valence-corrected chi connectivity index (χ2v) is 4.35. The molecule has 0 amide bonds. The maximum absolute atomic E-state index is 13.0. The number of anilines is 1. The van der Waals surface area contributed by atoms with Crippen molar-refractivity contribution in [3.63, 3.8) is 0 Å². The third-order valence-electron chi connectivity index (χ3n) is 1.95. The molecule has 0 saturated carbocycles. The van der Waals surface area contributed by atoms with Gasteiger partial charge in [-0.3, -0.25) is 4.79 Å². The van der Waals surface area contributed by atoms with E-state index in [-0.39, 0.29) is 11.6 Å². The van der Waals surface area contributed by atoms with E-state index in [1.54, 1.807) is 0 Å². The first-order valence-electron chi connectivity index (χ1n) is 5.09. The lowest BCUT2D eigenvalue weighted by Crippen LogP contribution is -2.14. The molecule has 94 valence electrons. The average molecular weight is 306 g/mol. The van der Waals surface area contributed by atoms with Gasteiger partial charge in [0.1, 0.15) is 18.1 Å². The smallest absolute Gasteiger partial charge is 0.322 e. The van der Waals surface area contributed by atoms with Crippen molar-refractivity contribution in [1.29, 1.82) is 0 Å². The van der Waals surface area contributed by atoms with Crippen molar-refractivity contribution >= 4 is 27.6 Å². The number of nitrogens with one attached hydrogen (secondary N) is 1. The van der Waals surface area contributed by atoms with Crippen LogP contribution in [0.1, 0.15) is 13.3 Å². The fourth-order valence-corrected chi connectivity index (χ4v) is 1.34. The summed E-state index contributed by atoms with van der Waals surface area (Å²) in [5, 5.41) is 11.0. The zero-order valence-corrected chi connectivity index (χ0v) is 10.8. The number of ether oxygens (including phenoxy) is 1. The van der Waals surface area contributed by atoms with Crippen molar-refractivity contribution in [2.45, 2.75) is 18.4 Å². The van der Waals surface area contributed by atoms with Gasteiger partial charge < -0.3 is 15.2 Å². The number of carbonyl (C=O) groups is 1. The lowest BCUT2D eigenvalue weighted by Gasteiger charge is -2.15. The van der Waals surface area contributed by atoms with Gasteiger partial charge in [0.25, 0.3) is 0 Å². The largest absolute Gasteiger partial charge is 0.480 e. The van der Waals surface area contributed by atoms with Crippen molar-refractivity contribution in [1.82, 2.24) is 0 Å². The predicted molar refractivity (Wildman–Crippen MR) is 66.2 cm³/mol. The van der Waals surface area contributed by atoms with E-state index < -0.39 is 11.8 Å². The molecule has 1 atom stereocenters. The quantitative estimate of drug-likeness (QED) is 0.794. The third kappa shape index (κ3) is 4.60. The Hall–Kier alpha value is -1.30. The number of hydrogen-bond acceptors (Lipinski definition) is 3. The zero-order valence-electron chi connectivity index (χ0n) is 9.24. The molecule has 0 bridgehead atoms. The van der Waals surface area contributed by atoms with Crippen LogP contribution in [0.3, 0.4) is 0 Å². The van der Waals surface area contributed by atoms with E-state index in [0.29, 0.717) is 11.4 Å². The van der Waals surface area contributed by atoms with Gasteiger partial charge in [0.15, 0.2) is 5.01 Å². The molecule has 1 aromatic rings. The molecule has 2 N–H and O–H groups in total. The highest BCUT2D eigenvalue weighted by molar-refractivity contribution is 9.09. The number of alkyl halides is 1. The van der Waals surface area contributed by atoms with Crippen molar-refractivity contribution in [3.05, 3.63) is 24.0 Å². The highest BCUT2D eigenvalue weighted by atomic mass is 79.9. The molecule has 0 aliphatic carbocycles. The molecular weight excluding hydrogens is 293 g/mol. The van der Waals surface area contributed by atoms with Crippen molar-refractivity contribution in [2.75, 3.05) is 11.9 Å². The number of aliphatic carboxylic acids is 1. The minimum absolute atomic E-state index is 0.196. The van der Waals surface area contributed by atoms with Gasteiger partial charge in [-0.1, -0.05) is 6.92 Å². The molecular formula is C11H13BrFNO3. The van der Waals surface area contributed by atoms with Crippen LogP contribution in [0, 0.1) is 5.82 Å². The molecule has 0 aliphatic heterocycles. The van der Waals surface area contributed by atoms with Crippen LogP contribution in [0.4, 0.5) is 10.1 Å². The number of benzene rings is 1. The minimum atomic E-state index is -1.02. The summed E-state index contributed by atoms with van der Waals surface area (Å²) in [5.41, 5.74) is 0.324. The fraction of sp³-hybridized carbons (Fsp3) is 0.364. The van der Waals surface area contributed by atoms with Crippen molar-refractivity contribution < 1.29 is 19.0 Å². The van der Waals surface area contributed by atoms with Gasteiger partial charge in [-0.15, -0.1) is 0 Å². The standard InChI is InChI=1S/C11H13BrFNO3/c1-2-10(12)17-9-4-3-7(13)5-8(9)14-6-11(15)16/h3-5,10,14H,2,6H2,1H3,(H,15,16)/t10-/m0/s1. The summed E-state index contributed by atoms with van der Waals surface area (Å²) in [6.07, 6.45) is 0.732. The first-order valence-corrected chi connectivity index (χ1v) is 6.00. The Morgan fingerprint density at radius 2 is 2.35 bits per heavy atom. The molecule has 0 saturated heterocycles. The van der Waals surface area contributed by atoms with Crippen molar-refractivity contribution in [2.24, 2.45) is 0 Å². The Morgan fingerprint density at radius 1 is 1.65 bits per heavy atom. The van der Waals surface area contributed by atoms with E-state index in [4.69, 9.17) is 9.84 Å². The summed E-state index contributed by atoms with van der Waals surface area (Å²) in [6.45, 7) is 1.63. The Kier molecular flexibility index (Phi) is 5.21. The fourth-order valence-electron chi connectivity index (χ4n) is 1.14. The van der Waals surface area contributed by atoms with Gasteiger partial charge in [0.2, 0.25) is 0 Å². The first-order chi connectivity index (χ1) is 8.02. The number of rotatable bonds is 6. The van der Waals surface area contributed by atoms with Crippen LogP contribution in [0.15, 0.2) is 18.2 Å². The van der Waals surface area contributed by atoms with Crippen LogP contribution in [-0.2, 0) is 4.79 Å². The number of halogens is 2.